The fourth-order valence-corrected chi connectivity index (χ4v) is 5.13. The van der Waals surface area contributed by atoms with Crippen LogP contribution in [0.2, 0.25) is 0 Å². The zero-order valence-electron chi connectivity index (χ0n) is 24.2. The normalized spacial score (nSPS) is 16.4. The Labute approximate surface area is 239 Å². The number of hydrogen-bond acceptors (Lipinski definition) is 6. The lowest BCUT2D eigenvalue weighted by Crippen LogP contribution is -2.36. The van der Waals surface area contributed by atoms with E-state index < -0.39 is 6.03 Å². The molecule has 5 rings (SSSR count). The van der Waals surface area contributed by atoms with Gasteiger partial charge in [-0.2, -0.15) is 0 Å². The van der Waals surface area contributed by atoms with Gasteiger partial charge in [-0.25, -0.2) is 4.79 Å². The van der Waals surface area contributed by atoms with Crippen molar-refractivity contribution in [3.05, 3.63) is 52.5 Å². The van der Waals surface area contributed by atoms with Crippen LogP contribution in [0.5, 0.6) is 0 Å². The molecule has 11 heteroatoms. The topological polar surface area (TPSA) is 144 Å². The van der Waals surface area contributed by atoms with Crippen molar-refractivity contribution in [2.45, 2.75) is 59.3 Å². The Morgan fingerprint density at radius 3 is 2.54 bits per heavy atom. The van der Waals surface area contributed by atoms with Crippen LogP contribution in [0, 0.1) is 13.8 Å². The smallest absolute Gasteiger partial charge is 0.324 e. The van der Waals surface area contributed by atoms with Gasteiger partial charge < -0.3 is 25.5 Å². The average molecular weight is 560 g/mol. The number of nitrogens with zero attached hydrogens (tertiary/aromatic N) is 2. The lowest BCUT2D eigenvalue weighted by atomic mass is 9.93. The van der Waals surface area contributed by atoms with E-state index in [1.165, 1.54) is 6.42 Å². The molecule has 0 spiro atoms. The predicted molar refractivity (Wildman–Crippen MR) is 160 cm³/mol. The molecule has 3 aromatic rings. The molecule has 4 amide bonds. The minimum Gasteiger partial charge on any atom is -0.359 e. The molecule has 0 bridgehead atoms. The van der Waals surface area contributed by atoms with Crippen molar-refractivity contribution in [3.63, 3.8) is 0 Å². The van der Waals surface area contributed by atoms with Gasteiger partial charge in [0, 0.05) is 34.1 Å². The van der Waals surface area contributed by atoms with Gasteiger partial charge in [0.15, 0.2) is 5.82 Å². The first-order valence-corrected chi connectivity index (χ1v) is 13.9. The highest BCUT2D eigenvalue weighted by atomic mass is 16.5. The van der Waals surface area contributed by atoms with Gasteiger partial charge >= 0.3 is 6.03 Å². The van der Waals surface area contributed by atoms with Gasteiger partial charge in [-0.3, -0.25) is 19.8 Å². The summed E-state index contributed by atoms with van der Waals surface area (Å²) < 4.78 is 5.31. The summed E-state index contributed by atoms with van der Waals surface area (Å²) in [7, 11) is 0. The number of piperidine rings is 1. The van der Waals surface area contributed by atoms with Crippen LogP contribution in [-0.4, -0.2) is 52.5 Å². The number of urea groups is 1. The molecule has 0 radical (unpaired) electrons. The van der Waals surface area contributed by atoms with E-state index in [0.29, 0.717) is 35.1 Å². The van der Waals surface area contributed by atoms with Crippen LogP contribution in [-0.2, 0) is 15.0 Å². The Kier molecular flexibility index (Phi) is 7.72. The molecule has 0 aliphatic carbocycles. The maximum absolute atomic E-state index is 12.9. The SMILES string of the molecule is Cc1[nH]c(/C=C2\C(=O)Nc3cc(NC(=O)Nc4cc(C(C)(C)C)on4)ccc32)c(C)c1NC(=O)CN1CCCCC1. The van der Waals surface area contributed by atoms with Gasteiger partial charge in [0.05, 0.1) is 23.5 Å². The Bertz CT molecular complexity index is 1520. The summed E-state index contributed by atoms with van der Waals surface area (Å²) in [5, 5.41) is 15.3. The van der Waals surface area contributed by atoms with Crippen LogP contribution in [0.1, 0.15) is 68.3 Å². The number of aromatic amines is 1. The fraction of sp³-hybridized carbons (Fsp3) is 0.400. The fourth-order valence-electron chi connectivity index (χ4n) is 5.13. The van der Waals surface area contributed by atoms with Gasteiger partial charge in [-0.1, -0.05) is 38.4 Å². The first-order chi connectivity index (χ1) is 19.5. The molecule has 2 aliphatic rings. The predicted octanol–water partition coefficient (Wildman–Crippen LogP) is 5.48. The first-order valence-electron chi connectivity index (χ1n) is 13.9. The number of nitrogens with one attached hydrogen (secondary N) is 5. The lowest BCUT2D eigenvalue weighted by Gasteiger charge is -2.25. The van der Waals surface area contributed by atoms with Gasteiger partial charge in [0.25, 0.3) is 5.91 Å². The number of hydrogen-bond donors (Lipinski definition) is 5. The van der Waals surface area contributed by atoms with Gasteiger partial charge in [0.2, 0.25) is 5.91 Å². The molecule has 1 fully saturated rings. The van der Waals surface area contributed by atoms with Crippen molar-refractivity contribution in [2.75, 3.05) is 40.9 Å². The highest BCUT2D eigenvalue weighted by molar-refractivity contribution is 6.35. The van der Waals surface area contributed by atoms with Crippen LogP contribution in [0.4, 0.5) is 27.7 Å². The van der Waals surface area contributed by atoms with Crippen LogP contribution in [0.3, 0.4) is 0 Å². The van der Waals surface area contributed by atoms with Crippen LogP contribution in [0.25, 0.3) is 11.6 Å². The Morgan fingerprint density at radius 2 is 1.83 bits per heavy atom. The Balaban J connectivity index is 1.27. The summed E-state index contributed by atoms with van der Waals surface area (Å²) in [6, 6.07) is 6.43. The molecular formula is C30H37N7O4. The number of amides is 4. The largest absolute Gasteiger partial charge is 0.359 e. The summed E-state index contributed by atoms with van der Waals surface area (Å²) in [4.78, 5) is 43.6. The molecule has 5 N–H and O–H groups in total. The molecule has 216 valence electrons. The third-order valence-electron chi connectivity index (χ3n) is 7.40. The second kappa shape index (κ2) is 11.2. The standard InChI is InChI=1S/C30H37N7O4/c1-17-22(31-18(2)27(17)35-26(38)16-37-11-7-6-8-12-37)14-21-20-10-9-19(13-23(20)33-28(21)39)32-29(40)34-25-15-24(41-36-25)30(3,4)5/h9-10,13-15,31H,6-8,11-12,16H2,1-5H3,(H,33,39)(H,35,38)(H2,32,34,36,40)/b21-14-. The second-order valence-electron chi connectivity index (χ2n) is 11.7. The molecule has 1 saturated heterocycles. The molecule has 11 nitrogen and oxygen atoms in total. The van der Waals surface area contributed by atoms with Crippen molar-refractivity contribution < 1.29 is 18.9 Å². The van der Waals surface area contributed by atoms with E-state index in [0.717, 1.165) is 54.1 Å². The van der Waals surface area contributed by atoms with Crippen molar-refractivity contribution in [3.8, 4) is 0 Å². The van der Waals surface area contributed by atoms with E-state index >= 15 is 0 Å². The van der Waals surface area contributed by atoms with E-state index in [9.17, 15) is 14.4 Å². The minimum absolute atomic E-state index is 0.0393. The van der Waals surface area contributed by atoms with Gasteiger partial charge in [0.1, 0.15) is 5.76 Å². The van der Waals surface area contributed by atoms with Gasteiger partial charge in [-0.15, -0.1) is 0 Å². The number of benzene rings is 1. The van der Waals surface area contributed by atoms with Crippen molar-refractivity contribution in [1.82, 2.24) is 15.0 Å². The first kappa shape index (κ1) is 28.2. The maximum Gasteiger partial charge on any atom is 0.324 e. The number of carbonyl (C=O) groups is 3. The van der Waals surface area contributed by atoms with E-state index in [4.69, 9.17) is 4.52 Å². The quantitative estimate of drug-likeness (QED) is 0.253. The molecule has 2 aromatic heterocycles. The van der Waals surface area contributed by atoms with Crippen LogP contribution < -0.4 is 21.3 Å². The Morgan fingerprint density at radius 1 is 1.07 bits per heavy atom. The van der Waals surface area contributed by atoms with E-state index in [1.54, 1.807) is 30.3 Å². The number of aryl methyl sites for hydroxylation is 1. The molecular weight excluding hydrogens is 522 g/mol. The summed E-state index contributed by atoms with van der Waals surface area (Å²) in [5.74, 6) is 0.682. The van der Waals surface area contributed by atoms with Crippen molar-refractivity contribution in [1.29, 1.82) is 0 Å². The average Bonchev–Trinajstić information content (AvgIpc) is 3.57. The molecule has 2 aliphatic heterocycles. The molecule has 4 heterocycles. The number of likely N-dealkylation sites (tertiary alicyclic amines) is 1. The summed E-state index contributed by atoms with van der Waals surface area (Å²) in [5.41, 5.74) is 5.25. The number of aromatic nitrogens is 2. The van der Waals surface area contributed by atoms with E-state index in [2.05, 4.69) is 36.3 Å². The lowest BCUT2D eigenvalue weighted by molar-refractivity contribution is -0.117. The Hall–Kier alpha value is -4.38. The molecule has 0 unspecified atom stereocenters. The number of anilines is 4. The monoisotopic (exact) mass is 559 g/mol. The number of fused-ring (bicyclic) bond motifs is 1. The highest BCUT2D eigenvalue weighted by Crippen LogP contribution is 2.36. The van der Waals surface area contributed by atoms with Crippen LogP contribution in [0.15, 0.2) is 28.8 Å². The summed E-state index contributed by atoms with van der Waals surface area (Å²) in [6.07, 6.45) is 5.27. The summed E-state index contributed by atoms with van der Waals surface area (Å²) in [6.45, 7) is 12.1. The third-order valence-corrected chi connectivity index (χ3v) is 7.40. The molecule has 1 aromatic carbocycles. The highest BCUT2D eigenvalue weighted by Gasteiger charge is 2.26. The second-order valence-corrected chi connectivity index (χ2v) is 11.7. The van der Waals surface area contributed by atoms with E-state index in [-0.39, 0.29) is 17.2 Å². The molecule has 41 heavy (non-hydrogen) atoms. The number of H-pyrrole nitrogens is 1. The maximum atomic E-state index is 12.9. The van der Waals surface area contributed by atoms with Crippen LogP contribution >= 0.6 is 0 Å². The molecule has 0 atom stereocenters. The zero-order valence-corrected chi connectivity index (χ0v) is 24.2. The third kappa shape index (κ3) is 6.35. The van der Waals surface area contributed by atoms with E-state index in [1.807, 2.05) is 34.6 Å². The zero-order chi connectivity index (χ0) is 29.3. The summed E-state index contributed by atoms with van der Waals surface area (Å²) >= 11 is 0. The number of rotatable bonds is 6. The minimum atomic E-state index is -0.480. The molecule has 0 saturated carbocycles. The van der Waals surface area contributed by atoms with Crippen molar-refractivity contribution in [2.24, 2.45) is 0 Å². The van der Waals surface area contributed by atoms with Crippen molar-refractivity contribution >= 4 is 52.4 Å². The number of carbonyl (C=O) groups excluding carboxylic acids is 3. The van der Waals surface area contributed by atoms with Gasteiger partial charge in [-0.05, 0) is 63.6 Å².